The third kappa shape index (κ3) is 8.60. The van der Waals surface area contributed by atoms with Gasteiger partial charge < -0.3 is 15.0 Å². The summed E-state index contributed by atoms with van der Waals surface area (Å²) in [4.78, 5) is 30.4. The average Bonchev–Trinajstić information content (AvgIpc) is 3.60. The third-order valence-electron chi connectivity index (χ3n) is 8.62. The van der Waals surface area contributed by atoms with Gasteiger partial charge in [0, 0.05) is 19.0 Å². The number of benzene rings is 4. The van der Waals surface area contributed by atoms with Gasteiger partial charge in [0.2, 0.25) is 11.8 Å². The number of aryl methyl sites for hydroxylation is 1. The normalized spacial score (nSPS) is 13.9. The number of hydrogen-bond acceptors (Lipinski definition) is 5. The molecule has 246 valence electrons. The smallest absolute Gasteiger partial charge is 0.264 e. The van der Waals surface area contributed by atoms with Crippen molar-refractivity contribution in [1.29, 1.82) is 0 Å². The first-order chi connectivity index (χ1) is 22.8. The van der Waals surface area contributed by atoms with Crippen molar-refractivity contribution in [2.75, 3.05) is 17.5 Å². The molecule has 0 radical (unpaired) electrons. The highest BCUT2D eigenvalue weighted by Crippen LogP contribution is 2.27. The highest BCUT2D eigenvalue weighted by atomic mass is 32.2. The van der Waals surface area contributed by atoms with Gasteiger partial charge in [0.1, 0.15) is 18.3 Å². The predicted molar refractivity (Wildman–Crippen MR) is 185 cm³/mol. The van der Waals surface area contributed by atoms with Crippen molar-refractivity contribution in [2.24, 2.45) is 0 Å². The molecule has 2 amide bonds. The zero-order valence-corrected chi connectivity index (χ0v) is 27.9. The molecule has 4 aromatic rings. The van der Waals surface area contributed by atoms with E-state index in [-0.39, 0.29) is 29.8 Å². The van der Waals surface area contributed by atoms with E-state index in [4.69, 9.17) is 4.74 Å². The van der Waals surface area contributed by atoms with E-state index < -0.39 is 28.5 Å². The standard InChI is InChI=1S/C38H43N3O5S/c1-3-46-34-24-22-33(23-25-34)41(47(44,45)35-20-8-5-9-21-35)28-37(42)40(27-31-17-11-10-14-29(31)2)36(26-30-15-6-4-7-16-30)38(43)39-32-18-12-13-19-32/h4-11,14-17,20-25,32,36H,3,12-13,18-19,26-28H2,1-2H3,(H,39,43)/t36-/m1/s1. The monoisotopic (exact) mass is 653 g/mol. The first kappa shape index (κ1) is 33.7. The lowest BCUT2D eigenvalue weighted by Crippen LogP contribution is -2.54. The van der Waals surface area contributed by atoms with Gasteiger partial charge in [-0.25, -0.2) is 8.42 Å². The molecule has 1 saturated carbocycles. The van der Waals surface area contributed by atoms with Crippen molar-refractivity contribution in [1.82, 2.24) is 10.2 Å². The fraction of sp³-hybridized carbons (Fsp3) is 0.316. The number of nitrogens with one attached hydrogen (secondary N) is 1. The van der Waals surface area contributed by atoms with Crippen molar-refractivity contribution < 1.29 is 22.7 Å². The molecule has 0 aliphatic heterocycles. The van der Waals surface area contributed by atoms with Crippen LogP contribution in [0.4, 0.5) is 5.69 Å². The predicted octanol–water partition coefficient (Wildman–Crippen LogP) is 6.29. The van der Waals surface area contributed by atoms with Crippen molar-refractivity contribution in [3.63, 3.8) is 0 Å². The Balaban J connectivity index is 1.56. The number of rotatable bonds is 14. The molecule has 1 fully saturated rings. The lowest BCUT2D eigenvalue weighted by atomic mass is 10.0. The highest BCUT2D eigenvalue weighted by Gasteiger charge is 2.35. The van der Waals surface area contributed by atoms with Gasteiger partial charge in [-0.15, -0.1) is 0 Å². The van der Waals surface area contributed by atoms with E-state index in [0.717, 1.165) is 46.7 Å². The van der Waals surface area contributed by atoms with Gasteiger partial charge in [0.25, 0.3) is 10.0 Å². The molecule has 0 bridgehead atoms. The van der Waals surface area contributed by atoms with Gasteiger partial charge in [0.15, 0.2) is 0 Å². The van der Waals surface area contributed by atoms with Crippen LogP contribution >= 0.6 is 0 Å². The maximum absolute atomic E-state index is 14.7. The summed E-state index contributed by atoms with van der Waals surface area (Å²) < 4.78 is 35.1. The molecule has 9 heteroatoms. The molecule has 1 N–H and O–H groups in total. The van der Waals surface area contributed by atoms with Gasteiger partial charge in [0.05, 0.1) is 17.2 Å². The lowest BCUT2D eigenvalue weighted by Gasteiger charge is -2.34. The van der Waals surface area contributed by atoms with Gasteiger partial charge in [-0.05, 0) is 79.8 Å². The van der Waals surface area contributed by atoms with E-state index in [1.807, 2.05) is 68.4 Å². The topological polar surface area (TPSA) is 96.0 Å². The lowest BCUT2D eigenvalue weighted by molar-refractivity contribution is -0.140. The largest absolute Gasteiger partial charge is 0.494 e. The van der Waals surface area contributed by atoms with Crippen LogP contribution in [-0.2, 0) is 32.6 Å². The second-order valence-corrected chi connectivity index (χ2v) is 13.8. The Morgan fingerprint density at radius 2 is 1.47 bits per heavy atom. The van der Waals surface area contributed by atoms with Crippen LogP contribution in [-0.4, -0.2) is 50.4 Å². The summed E-state index contributed by atoms with van der Waals surface area (Å²) in [7, 11) is -4.17. The first-order valence-electron chi connectivity index (χ1n) is 16.2. The Morgan fingerprint density at radius 1 is 0.851 bits per heavy atom. The number of carbonyl (C=O) groups is 2. The number of carbonyl (C=O) groups excluding carboxylic acids is 2. The minimum Gasteiger partial charge on any atom is -0.494 e. The Kier molecular flexibility index (Phi) is 11.3. The maximum atomic E-state index is 14.7. The minimum atomic E-state index is -4.17. The van der Waals surface area contributed by atoms with Crippen molar-refractivity contribution in [3.8, 4) is 5.75 Å². The van der Waals surface area contributed by atoms with E-state index in [9.17, 15) is 18.0 Å². The number of ether oxygens (including phenoxy) is 1. The van der Waals surface area contributed by atoms with Crippen LogP contribution in [0.3, 0.4) is 0 Å². The van der Waals surface area contributed by atoms with E-state index in [1.54, 1.807) is 47.4 Å². The van der Waals surface area contributed by atoms with Crippen LogP contribution in [0.15, 0.2) is 114 Å². The van der Waals surface area contributed by atoms with Crippen LogP contribution in [0.5, 0.6) is 5.75 Å². The summed E-state index contributed by atoms with van der Waals surface area (Å²) in [6, 6.07) is 31.3. The molecule has 0 aromatic heterocycles. The number of nitrogens with zero attached hydrogens (tertiary/aromatic N) is 2. The Bertz CT molecular complexity index is 1720. The number of anilines is 1. The molecule has 47 heavy (non-hydrogen) atoms. The van der Waals surface area contributed by atoms with E-state index >= 15 is 0 Å². The van der Waals surface area contributed by atoms with Crippen molar-refractivity contribution in [3.05, 3.63) is 126 Å². The van der Waals surface area contributed by atoms with Crippen LogP contribution in [0, 0.1) is 6.92 Å². The summed E-state index contributed by atoms with van der Waals surface area (Å²) in [5, 5.41) is 3.22. The average molecular weight is 654 g/mol. The Hall–Kier alpha value is -4.63. The molecule has 0 spiro atoms. The third-order valence-corrected chi connectivity index (χ3v) is 10.4. The SMILES string of the molecule is CCOc1ccc(N(CC(=O)N(Cc2ccccc2C)[C@H](Cc2ccccc2)C(=O)NC2CCCC2)S(=O)(=O)c2ccccc2)cc1. The van der Waals surface area contributed by atoms with Gasteiger partial charge in [-0.2, -0.15) is 0 Å². The summed E-state index contributed by atoms with van der Waals surface area (Å²) in [5.41, 5.74) is 3.07. The van der Waals surface area contributed by atoms with Gasteiger partial charge in [-0.3, -0.25) is 13.9 Å². The van der Waals surface area contributed by atoms with Gasteiger partial charge in [-0.1, -0.05) is 85.6 Å². The first-order valence-corrected chi connectivity index (χ1v) is 17.7. The molecule has 0 heterocycles. The summed E-state index contributed by atoms with van der Waals surface area (Å²) in [6.07, 6.45) is 4.18. The second kappa shape index (κ2) is 15.8. The maximum Gasteiger partial charge on any atom is 0.264 e. The molecule has 5 rings (SSSR count). The summed E-state index contributed by atoms with van der Waals surface area (Å²) in [5.74, 6) is -0.127. The molecule has 0 unspecified atom stereocenters. The molecular formula is C38H43N3O5S. The van der Waals surface area contributed by atoms with Crippen LogP contribution in [0.2, 0.25) is 0 Å². The number of sulfonamides is 1. The number of hydrogen-bond donors (Lipinski definition) is 1. The summed E-state index contributed by atoms with van der Waals surface area (Å²) >= 11 is 0. The Labute approximate surface area is 278 Å². The highest BCUT2D eigenvalue weighted by molar-refractivity contribution is 7.92. The fourth-order valence-electron chi connectivity index (χ4n) is 6.02. The van der Waals surface area contributed by atoms with E-state index in [2.05, 4.69) is 5.32 Å². The number of amides is 2. The molecule has 1 aliphatic rings. The van der Waals surface area contributed by atoms with Crippen LogP contribution < -0.4 is 14.4 Å². The van der Waals surface area contributed by atoms with Crippen molar-refractivity contribution >= 4 is 27.5 Å². The molecule has 4 aromatic carbocycles. The minimum absolute atomic E-state index is 0.0509. The molecule has 8 nitrogen and oxygen atoms in total. The van der Waals surface area contributed by atoms with E-state index in [0.29, 0.717) is 18.0 Å². The fourth-order valence-corrected chi connectivity index (χ4v) is 7.45. The van der Waals surface area contributed by atoms with Gasteiger partial charge >= 0.3 is 0 Å². The second-order valence-electron chi connectivity index (χ2n) is 11.9. The van der Waals surface area contributed by atoms with Crippen LogP contribution in [0.25, 0.3) is 0 Å². The van der Waals surface area contributed by atoms with Crippen molar-refractivity contribution in [2.45, 2.75) is 69.5 Å². The zero-order chi connectivity index (χ0) is 33.2. The molecule has 1 aliphatic carbocycles. The quantitative estimate of drug-likeness (QED) is 0.173. The molecule has 1 atom stereocenters. The molecule has 0 saturated heterocycles. The summed E-state index contributed by atoms with van der Waals surface area (Å²) in [6.45, 7) is 3.94. The zero-order valence-electron chi connectivity index (χ0n) is 27.0. The molecular weight excluding hydrogens is 611 g/mol. The van der Waals surface area contributed by atoms with E-state index in [1.165, 1.54) is 12.1 Å². The Morgan fingerprint density at radius 3 is 2.11 bits per heavy atom. The van der Waals surface area contributed by atoms with Crippen LogP contribution in [0.1, 0.15) is 49.3 Å².